The third kappa shape index (κ3) is 2.66. The zero-order valence-corrected chi connectivity index (χ0v) is 7.68. The van der Waals surface area contributed by atoms with Crippen molar-refractivity contribution in [1.82, 2.24) is 0 Å². The minimum absolute atomic E-state index is 0.0395. The molecule has 0 aliphatic rings. The molecule has 0 fully saturated rings. The molecule has 0 amide bonds. The van der Waals surface area contributed by atoms with Crippen LogP contribution in [-0.2, 0) is 6.54 Å². The Morgan fingerprint density at radius 1 is 1.27 bits per heavy atom. The Bertz CT molecular complexity index is 348. The van der Waals surface area contributed by atoms with E-state index in [0.717, 1.165) is 12.1 Å². The van der Waals surface area contributed by atoms with E-state index in [1.54, 1.807) is 0 Å². The first-order valence-electron chi connectivity index (χ1n) is 4.17. The van der Waals surface area contributed by atoms with Gasteiger partial charge in [-0.1, -0.05) is 6.07 Å². The highest BCUT2D eigenvalue weighted by molar-refractivity contribution is 5.28. The molecule has 15 heavy (non-hydrogen) atoms. The first-order chi connectivity index (χ1) is 6.86. The van der Waals surface area contributed by atoms with E-state index in [4.69, 9.17) is 11.5 Å². The first kappa shape index (κ1) is 11.9. The topological polar surface area (TPSA) is 52.0 Å². The summed E-state index contributed by atoms with van der Waals surface area (Å²) in [5, 5.41) is 0. The van der Waals surface area contributed by atoms with Crippen molar-refractivity contribution in [2.24, 2.45) is 11.5 Å². The highest BCUT2D eigenvalue weighted by Gasteiger charge is 2.39. The van der Waals surface area contributed by atoms with Gasteiger partial charge in [-0.2, -0.15) is 13.2 Å². The molecule has 0 aromatic heterocycles. The summed E-state index contributed by atoms with van der Waals surface area (Å²) >= 11 is 0. The number of benzene rings is 1. The zero-order valence-electron chi connectivity index (χ0n) is 7.68. The highest BCUT2D eigenvalue weighted by Crippen LogP contribution is 2.32. The lowest BCUT2D eigenvalue weighted by Crippen LogP contribution is -2.29. The number of hydrogen-bond donors (Lipinski definition) is 2. The molecule has 0 radical (unpaired) electrons. The fourth-order valence-electron chi connectivity index (χ4n) is 1.13. The van der Waals surface area contributed by atoms with Gasteiger partial charge in [-0.3, -0.25) is 0 Å². The smallest absolute Gasteiger partial charge is 0.326 e. The molecular formula is C9H10F4N2. The van der Waals surface area contributed by atoms with E-state index in [0.29, 0.717) is 5.56 Å². The molecule has 1 atom stereocenters. The Balaban J connectivity index is 3.12. The second-order valence-electron chi connectivity index (χ2n) is 3.08. The number of alkyl halides is 3. The van der Waals surface area contributed by atoms with Crippen LogP contribution < -0.4 is 11.5 Å². The molecule has 6 heteroatoms. The summed E-state index contributed by atoms with van der Waals surface area (Å²) in [7, 11) is 0. The summed E-state index contributed by atoms with van der Waals surface area (Å²) in [4.78, 5) is 0. The summed E-state index contributed by atoms with van der Waals surface area (Å²) in [6.45, 7) is 0.0395. The average molecular weight is 222 g/mol. The third-order valence-corrected chi connectivity index (χ3v) is 1.98. The molecule has 0 aliphatic carbocycles. The van der Waals surface area contributed by atoms with E-state index in [2.05, 4.69) is 0 Å². The Morgan fingerprint density at radius 3 is 2.33 bits per heavy atom. The van der Waals surface area contributed by atoms with Crippen LogP contribution in [0.2, 0.25) is 0 Å². The molecular weight excluding hydrogens is 212 g/mol. The van der Waals surface area contributed by atoms with Gasteiger partial charge in [-0.25, -0.2) is 4.39 Å². The Labute approximate surface area is 83.9 Å². The first-order valence-corrected chi connectivity index (χ1v) is 4.17. The van der Waals surface area contributed by atoms with Gasteiger partial charge in [0.1, 0.15) is 11.9 Å². The minimum Gasteiger partial charge on any atom is -0.326 e. The molecule has 1 aromatic rings. The maximum absolute atomic E-state index is 13.1. The Morgan fingerprint density at radius 2 is 1.87 bits per heavy atom. The van der Waals surface area contributed by atoms with Crippen molar-refractivity contribution in [3.05, 3.63) is 35.1 Å². The quantitative estimate of drug-likeness (QED) is 0.750. The van der Waals surface area contributed by atoms with Gasteiger partial charge in [-0.15, -0.1) is 0 Å². The number of hydrogen-bond acceptors (Lipinski definition) is 2. The second-order valence-corrected chi connectivity index (χ2v) is 3.08. The lowest BCUT2D eigenvalue weighted by molar-refractivity contribution is -0.149. The lowest BCUT2D eigenvalue weighted by Gasteiger charge is -2.17. The van der Waals surface area contributed by atoms with Crippen molar-refractivity contribution in [2.75, 3.05) is 0 Å². The van der Waals surface area contributed by atoms with Crippen LogP contribution in [0.3, 0.4) is 0 Å². The molecule has 0 bridgehead atoms. The van der Waals surface area contributed by atoms with Crippen LogP contribution in [0.1, 0.15) is 17.2 Å². The molecule has 1 aromatic carbocycles. The molecule has 0 saturated carbocycles. The third-order valence-electron chi connectivity index (χ3n) is 1.98. The number of halogens is 4. The summed E-state index contributed by atoms with van der Waals surface area (Å²) in [6.07, 6.45) is -4.66. The van der Waals surface area contributed by atoms with Gasteiger partial charge < -0.3 is 11.5 Å². The van der Waals surface area contributed by atoms with Crippen molar-refractivity contribution in [2.45, 2.75) is 18.8 Å². The van der Waals surface area contributed by atoms with E-state index in [-0.39, 0.29) is 6.54 Å². The van der Waals surface area contributed by atoms with E-state index in [1.165, 1.54) is 6.07 Å². The molecule has 0 saturated heterocycles. The normalized spacial score (nSPS) is 14.0. The summed E-state index contributed by atoms with van der Waals surface area (Å²) in [5.41, 5.74) is 9.95. The van der Waals surface area contributed by atoms with Crippen molar-refractivity contribution in [3.63, 3.8) is 0 Å². The zero-order chi connectivity index (χ0) is 11.6. The maximum atomic E-state index is 13.1. The van der Waals surface area contributed by atoms with Crippen molar-refractivity contribution >= 4 is 0 Å². The average Bonchev–Trinajstić information content (AvgIpc) is 2.16. The molecule has 0 heterocycles. The van der Waals surface area contributed by atoms with Gasteiger partial charge in [0.15, 0.2) is 0 Å². The van der Waals surface area contributed by atoms with E-state index < -0.39 is 23.6 Å². The SMILES string of the molecule is NCc1ccc(F)c([C@@H](N)C(F)(F)F)c1. The molecule has 0 spiro atoms. The second kappa shape index (κ2) is 4.16. The molecule has 84 valence electrons. The summed E-state index contributed by atoms with van der Waals surface area (Å²) in [5.74, 6) is -0.975. The van der Waals surface area contributed by atoms with Crippen LogP contribution in [0.5, 0.6) is 0 Å². The van der Waals surface area contributed by atoms with Gasteiger partial charge in [0.05, 0.1) is 0 Å². The summed E-state index contributed by atoms with van der Waals surface area (Å²) < 4.78 is 49.7. The van der Waals surface area contributed by atoms with Crippen LogP contribution in [-0.4, -0.2) is 6.18 Å². The van der Waals surface area contributed by atoms with Gasteiger partial charge in [0.25, 0.3) is 0 Å². The number of rotatable bonds is 2. The monoisotopic (exact) mass is 222 g/mol. The van der Waals surface area contributed by atoms with Gasteiger partial charge in [0, 0.05) is 12.1 Å². The predicted molar refractivity (Wildman–Crippen MR) is 47.3 cm³/mol. The van der Waals surface area contributed by atoms with Crippen LogP contribution in [0.15, 0.2) is 18.2 Å². The minimum atomic E-state index is -4.66. The van der Waals surface area contributed by atoms with E-state index >= 15 is 0 Å². The van der Waals surface area contributed by atoms with E-state index in [9.17, 15) is 17.6 Å². The van der Waals surface area contributed by atoms with Gasteiger partial charge in [-0.05, 0) is 17.7 Å². The van der Waals surface area contributed by atoms with Gasteiger partial charge in [0.2, 0.25) is 0 Å². The Hall–Kier alpha value is -1.14. The van der Waals surface area contributed by atoms with Crippen LogP contribution in [0.4, 0.5) is 17.6 Å². The predicted octanol–water partition coefficient (Wildman–Crippen LogP) is 1.85. The standard InChI is InChI=1S/C9H10F4N2/c10-7-2-1-5(4-14)3-6(7)8(15)9(11,12)13/h1-3,8H,4,14-15H2/t8-/m1/s1. The molecule has 0 aliphatic heterocycles. The lowest BCUT2D eigenvalue weighted by atomic mass is 10.0. The van der Waals surface area contributed by atoms with Gasteiger partial charge >= 0.3 is 6.18 Å². The summed E-state index contributed by atoms with van der Waals surface area (Å²) in [6, 6.07) is 0.974. The van der Waals surface area contributed by atoms with Crippen molar-refractivity contribution < 1.29 is 17.6 Å². The molecule has 2 nitrogen and oxygen atoms in total. The van der Waals surface area contributed by atoms with Crippen molar-refractivity contribution in [3.8, 4) is 0 Å². The highest BCUT2D eigenvalue weighted by atomic mass is 19.4. The van der Waals surface area contributed by atoms with E-state index in [1.807, 2.05) is 0 Å². The fourth-order valence-corrected chi connectivity index (χ4v) is 1.13. The molecule has 1 rings (SSSR count). The largest absolute Gasteiger partial charge is 0.407 e. The van der Waals surface area contributed by atoms with Crippen LogP contribution in [0, 0.1) is 5.82 Å². The van der Waals surface area contributed by atoms with Crippen LogP contribution >= 0.6 is 0 Å². The van der Waals surface area contributed by atoms with Crippen LogP contribution in [0.25, 0.3) is 0 Å². The number of nitrogens with two attached hydrogens (primary N) is 2. The Kier molecular flexibility index (Phi) is 3.31. The van der Waals surface area contributed by atoms with Crippen molar-refractivity contribution in [1.29, 1.82) is 0 Å². The molecule has 4 N–H and O–H groups in total. The fraction of sp³-hybridized carbons (Fsp3) is 0.333. The molecule has 0 unspecified atom stereocenters. The maximum Gasteiger partial charge on any atom is 0.407 e.